The number of benzene rings is 2. The molecule has 198 valence electrons. The average molecular weight is 556 g/mol. The monoisotopic (exact) mass is 555 g/mol. The van der Waals surface area contributed by atoms with Crippen molar-refractivity contribution in [2.45, 2.75) is 44.3 Å². The van der Waals surface area contributed by atoms with Crippen LogP contribution in [-0.4, -0.2) is 42.0 Å². The number of halogens is 3. The molecule has 2 aromatic heterocycles. The first-order chi connectivity index (χ1) is 18.4. The van der Waals surface area contributed by atoms with Gasteiger partial charge in [0.1, 0.15) is 22.3 Å². The van der Waals surface area contributed by atoms with E-state index < -0.39 is 11.6 Å². The van der Waals surface area contributed by atoms with Gasteiger partial charge < -0.3 is 15.0 Å². The normalized spacial score (nSPS) is 17.5. The molecule has 1 amide bonds. The highest BCUT2D eigenvalue weighted by Gasteiger charge is 2.33. The van der Waals surface area contributed by atoms with Crippen molar-refractivity contribution in [1.29, 1.82) is 0 Å². The quantitative estimate of drug-likeness (QED) is 0.265. The van der Waals surface area contributed by atoms with Crippen molar-refractivity contribution in [2.24, 2.45) is 0 Å². The minimum atomic E-state index is -0.642. The van der Waals surface area contributed by atoms with Gasteiger partial charge in [-0.15, -0.1) is 11.3 Å². The van der Waals surface area contributed by atoms with Crippen molar-refractivity contribution >= 4 is 38.9 Å². The van der Waals surface area contributed by atoms with Crippen LogP contribution in [0.2, 0.25) is 5.02 Å². The molecule has 5 nitrogen and oxygen atoms in total. The van der Waals surface area contributed by atoms with Crippen LogP contribution >= 0.6 is 22.9 Å². The van der Waals surface area contributed by atoms with Gasteiger partial charge in [0.25, 0.3) is 5.91 Å². The molecule has 0 spiro atoms. The standard InChI is InChI=1S/C29H28ClF2N3O2S/c1-33-20-5-7-21(8-6-20)35(29(36)28-26(30)25-22(31)9-10-23(32)27(25)38-28)16-19-4-3-18(15-24(19)37-2)17-11-13-34-14-12-17/h3-4,9-15,20-21,33H,5-8,16H2,1-2H3. The average Bonchev–Trinajstić information content (AvgIpc) is 3.32. The van der Waals surface area contributed by atoms with E-state index >= 15 is 0 Å². The van der Waals surface area contributed by atoms with Crippen LogP contribution in [0.25, 0.3) is 21.2 Å². The van der Waals surface area contributed by atoms with Crippen molar-refractivity contribution in [3.8, 4) is 16.9 Å². The molecule has 5 rings (SSSR count). The third-order valence-electron chi connectivity index (χ3n) is 7.32. The van der Waals surface area contributed by atoms with Gasteiger partial charge in [-0.2, -0.15) is 0 Å². The number of nitrogens with zero attached hydrogens (tertiary/aromatic N) is 2. The second-order valence-electron chi connectivity index (χ2n) is 9.47. The number of aromatic nitrogens is 1. The molecular formula is C29H28ClF2N3O2S. The van der Waals surface area contributed by atoms with Gasteiger partial charge in [0, 0.05) is 36.6 Å². The molecule has 1 aliphatic rings. The third kappa shape index (κ3) is 5.13. The zero-order valence-corrected chi connectivity index (χ0v) is 22.7. The molecule has 1 fully saturated rings. The lowest BCUT2D eigenvalue weighted by Crippen LogP contribution is -2.44. The SMILES string of the molecule is CNC1CCC(N(Cc2ccc(-c3ccncc3)cc2OC)C(=O)c2sc3c(F)ccc(F)c3c2Cl)CC1. The van der Waals surface area contributed by atoms with E-state index in [-0.39, 0.29) is 38.5 Å². The number of nitrogens with one attached hydrogen (secondary N) is 1. The zero-order chi connectivity index (χ0) is 26.8. The van der Waals surface area contributed by atoms with Gasteiger partial charge in [0.05, 0.1) is 22.2 Å². The summed E-state index contributed by atoms with van der Waals surface area (Å²) in [6.07, 6.45) is 6.93. The van der Waals surface area contributed by atoms with Gasteiger partial charge in [-0.05, 0) is 74.2 Å². The minimum Gasteiger partial charge on any atom is -0.496 e. The second-order valence-corrected chi connectivity index (χ2v) is 10.9. The van der Waals surface area contributed by atoms with E-state index in [2.05, 4.69) is 10.3 Å². The number of amides is 1. The maximum absolute atomic E-state index is 14.6. The summed E-state index contributed by atoms with van der Waals surface area (Å²) in [6.45, 7) is 0.281. The number of hydrogen-bond acceptors (Lipinski definition) is 5. The number of ether oxygens (including phenoxy) is 1. The number of fused-ring (bicyclic) bond motifs is 1. The second kappa shape index (κ2) is 11.4. The van der Waals surface area contributed by atoms with E-state index in [1.54, 1.807) is 24.4 Å². The van der Waals surface area contributed by atoms with E-state index in [0.29, 0.717) is 11.8 Å². The first-order valence-electron chi connectivity index (χ1n) is 12.5. The Balaban J connectivity index is 1.52. The molecule has 4 aromatic rings. The van der Waals surface area contributed by atoms with E-state index in [1.165, 1.54) is 0 Å². The summed E-state index contributed by atoms with van der Waals surface area (Å²) in [4.78, 5) is 20.1. The summed E-state index contributed by atoms with van der Waals surface area (Å²) in [7, 11) is 3.55. The Kier molecular flexibility index (Phi) is 7.93. The minimum absolute atomic E-state index is 0.0408. The number of thiophene rings is 1. The molecule has 1 saturated carbocycles. The van der Waals surface area contributed by atoms with Gasteiger partial charge in [-0.3, -0.25) is 9.78 Å². The third-order valence-corrected chi connectivity index (χ3v) is 9.00. The number of methoxy groups -OCH3 is 1. The van der Waals surface area contributed by atoms with Crippen molar-refractivity contribution in [3.63, 3.8) is 0 Å². The first-order valence-corrected chi connectivity index (χ1v) is 13.7. The van der Waals surface area contributed by atoms with Crippen LogP contribution in [0, 0.1) is 11.6 Å². The van der Waals surface area contributed by atoms with Crippen molar-refractivity contribution in [1.82, 2.24) is 15.2 Å². The van der Waals surface area contributed by atoms with Crippen molar-refractivity contribution < 1.29 is 18.3 Å². The fraction of sp³-hybridized carbons (Fsp3) is 0.310. The molecule has 1 N–H and O–H groups in total. The highest BCUT2D eigenvalue weighted by molar-refractivity contribution is 7.21. The lowest BCUT2D eigenvalue weighted by Gasteiger charge is -2.37. The van der Waals surface area contributed by atoms with Gasteiger partial charge in [0.15, 0.2) is 0 Å². The van der Waals surface area contributed by atoms with Gasteiger partial charge in [-0.1, -0.05) is 23.7 Å². The Bertz CT molecular complexity index is 1460. The van der Waals surface area contributed by atoms with Crippen LogP contribution in [0.5, 0.6) is 5.75 Å². The van der Waals surface area contributed by atoms with E-state index in [4.69, 9.17) is 16.3 Å². The summed E-state index contributed by atoms with van der Waals surface area (Å²) in [5.41, 5.74) is 2.81. The molecule has 0 radical (unpaired) electrons. The molecular weight excluding hydrogens is 528 g/mol. The molecule has 38 heavy (non-hydrogen) atoms. The Morgan fingerprint density at radius 2 is 1.79 bits per heavy atom. The van der Waals surface area contributed by atoms with Gasteiger partial charge in [0.2, 0.25) is 0 Å². The molecule has 2 heterocycles. The molecule has 0 atom stereocenters. The lowest BCUT2D eigenvalue weighted by molar-refractivity contribution is 0.0604. The van der Waals surface area contributed by atoms with Crippen LogP contribution in [0.4, 0.5) is 8.78 Å². The maximum atomic E-state index is 14.6. The molecule has 0 bridgehead atoms. The number of pyridine rings is 1. The Labute approximate surface area is 229 Å². The van der Waals surface area contributed by atoms with Crippen LogP contribution in [0.15, 0.2) is 54.9 Å². The van der Waals surface area contributed by atoms with E-state index in [9.17, 15) is 13.6 Å². The Morgan fingerprint density at radius 1 is 1.08 bits per heavy atom. The molecule has 0 unspecified atom stereocenters. The first kappa shape index (κ1) is 26.5. The predicted molar refractivity (Wildman–Crippen MR) is 148 cm³/mol. The summed E-state index contributed by atoms with van der Waals surface area (Å²) in [6, 6.07) is 12.2. The summed E-state index contributed by atoms with van der Waals surface area (Å²) >= 11 is 7.43. The number of hydrogen-bond donors (Lipinski definition) is 1. The Hall–Kier alpha value is -3.07. The molecule has 0 saturated heterocycles. The zero-order valence-electron chi connectivity index (χ0n) is 21.1. The molecule has 2 aromatic carbocycles. The molecule has 9 heteroatoms. The van der Waals surface area contributed by atoms with Gasteiger partial charge in [-0.25, -0.2) is 8.78 Å². The van der Waals surface area contributed by atoms with Gasteiger partial charge >= 0.3 is 0 Å². The lowest BCUT2D eigenvalue weighted by atomic mass is 9.89. The van der Waals surface area contributed by atoms with Crippen LogP contribution in [0.1, 0.15) is 40.9 Å². The fourth-order valence-corrected chi connectivity index (χ4v) is 6.70. The Morgan fingerprint density at radius 3 is 2.45 bits per heavy atom. The highest BCUT2D eigenvalue weighted by atomic mass is 35.5. The molecule has 1 aliphatic carbocycles. The number of carbonyl (C=O) groups excluding carboxylic acids is 1. The topological polar surface area (TPSA) is 54.5 Å². The molecule has 0 aliphatic heterocycles. The highest BCUT2D eigenvalue weighted by Crippen LogP contribution is 2.40. The summed E-state index contributed by atoms with van der Waals surface area (Å²) < 4.78 is 34.9. The fourth-order valence-electron chi connectivity index (χ4n) is 5.19. The van der Waals surface area contributed by atoms with Crippen LogP contribution < -0.4 is 10.1 Å². The largest absolute Gasteiger partial charge is 0.496 e. The van der Waals surface area contributed by atoms with E-state index in [1.807, 2.05) is 37.4 Å². The number of carbonyl (C=O) groups is 1. The predicted octanol–water partition coefficient (Wildman–Crippen LogP) is 7.08. The maximum Gasteiger partial charge on any atom is 0.266 e. The number of rotatable bonds is 7. The summed E-state index contributed by atoms with van der Waals surface area (Å²) in [5.74, 6) is -0.915. The summed E-state index contributed by atoms with van der Waals surface area (Å²) in [5, 5.41) is 3.24. The van der Waals surface area contributed by atoms with Crippen molar-refractivity contribution in [2.75, 3.05) is 14.2 Å². The van der Waals surface area contributed by atoms with Crippen LogP contribution in [0.3, 0.4) is 0 Å². The van der Waals surface area contributed by atoms with E-state index in [0.717, 1.165) is 65.8 Å². The smallest absolute Gasteiger partial charge is 0.266 e. The van der Waals surface area contributed by atoms with Crippen molar-refractivity contribution in [3.05, 3.63) is 82.0 Å². The van der Waals surface area contributed by atoms with Crippen LogP contribution in [-0.2, 0) is 6.54 Å².